The van der Waals surface area contributed by atoms with Gasteiger partial charge in [-0.2, -0.15) is 0 Å². The lowest BCUT2D eigenvalue weighted by Gasteiger charge is -2.06. The smallest absolute Gasteiger partial charge is 0.119 e. The molecule has 0 radical (unpaired) electrons. The third kappa shape index (κ3) is 2.96. The molecular weight excluding hydrogens is 214 g/mol. The van der Waals surface area contributed by atoms with Gasteiger partial charge in [-0.05, 0) is 34.5 Å². The van der Waals surface area contributed by atoms with Gasteiger partial charge in [0.05, 0.1) is 13.8 Å². The van der Waals surface area contributed by atoms with Gasteiger partial charge in [0.25, 0.3) is 0 Å². The van der Waals surface area contributed by atoms with Crippen molar-refractivity contribution in [1.82, 2.24) is 5.32 Å². The topological polar surface area (TPSA) is 30.5 Å². The van der Waals surface area contributed by atoms with Crippen molar-refractivity contribution in [2.24, 2.45) is 0 Å². The van der Waals surface area contributed by atoms with Crippen LogP contribution in [0.5, 0.6) is 5.75 Å². The summed E-state index contributed by atoms with van der Waals surface area (Å²) >= 11 is 0. The Morgan fingerprint density at radius 1 is 1.00 bits per heavy atom. The van der Waals surface area contributed by atoms with Crippen LogP contribution in [-0.4, -0.2) is 21.0 Å². The van der Waals surface area contributed by atoms with Crippen molar-refractivity contribution in [3.63, 3.8) is 0 Å². The molecule has 0 fully saturated rings. The zero-order valence-corrected chi connectivity index (χ0v) is 10.2. The molecule has 17 heavy (non-hydrogen) atoms. The number of hydrogen-bond acceptors (Lipinski definition) is 3. The average molecular weight is 231 g/mol. The first-order valence-electron chi connectivity index (χ1n) is 5.60. The van der Waals surface area contributed by atoms with E-state index in [2.05, 4.69) is 29.6 Å². The molecule has 0 saturated carbocycles. The monoisotopic (exact) mass is 231 g/mol. The lowest BCUT2D eigenvalue weighted by Crippen LogP contribution is -2.15. The van der Waals surface area contributed by atoms with Gasteiger partial charge in [-0.25, -0.2) is 0 Å². The van der Waals surface area contributed by atoms with Crippen LogP contribution in [0.2, 0.25) is 0 Å². The van der Waals surface area contributed by atoms with Crippen molar-refractivity contribution in [3.05, 3.63) is 42.0 Å². The number of fused-ring (bicyclic) bond motifs is 1. The van der Waals surface area contributed by atoms with Gasteiger partial charge in [-0.3, -0.25) is 5.32 Å². The van der Waals surface area contributed by atoms with Gasteiger partial charge in [0.2, 0.25) is 0 Å². The highest BCUT2D eigenvalue weighted by molar-refractivity contribution is 5.84. The van der Waals surface area contributed by atoms with Gasteiger partial charge < -0.3 is 9.47 Å². The molecule has 0 bridgehead atoms. The molecule has 0 spiro atoms. The summed E-state index contributed by atoms with van der Waals surface area (Å²) in [4.78, 5) is 0. The van der Waals surface area contributed by atoms with Crippen LogP contribution < -0.4 is 10.1 Å². The zero-order chi connectivity index (χ0) is 12.1. The Morgan fingerprint density at radius 3 is 2.53 bits per heavy atom. The Hall–Kier alpha value is -1.58. The van der Waals surface area contributed by atoms with Crippen molar-refractivity contribution in [2.75, 3.05) is 21.0 Å². The molecule has 2 rings (SSSR count). The first-order chi connectivity index (χ1) is 8.33. The summed E-state index contributed by atoms with van der Waals surface area (Å²) < 4.78 is 10.2. The van der Waals surface area contributed by atoms with Crippen molar-refractivity contribution in [3.8, 4) is 5.75 Å². The highest BCUT2D eigenvalue weighted by Crippen LogP contribution is 2.21. The van der Waals surface area contributed by atoms with Gasteiger partial charge in [0.15, 0.2) is 0 Å². The van der Waals surface area contributed by atoms with Gasteiger partial charge >= 0.3 is 0 Å². The fourth-order valence-electron chi connectivity index (χ4n) is 1.81. The summed E-state index contributed by atoms with van der Waals surface area (Å²) in [5, 5.41) is 5.61. The summed E-state index contributed by atoms with van der Waals surface area (Å²) in [6.45, 7) is 1.39. The molecule has 0 saturated heterocycles. The minimum Gasteiger partial charge on any atom is -0.497 e. The Labute approximate surface area is 101 Å². The first kappa shape index (κ1) is 11.9. The molecule has 0 atom stereocenters. The molecule has 2 aromatic carbocycles. The third-order valence-electron chi connectivity index (χ3n) is 2.69. The fourth-order valence-corrected chi connectivity index (χ4v) is 1.81. The number of nitrogens with one attached hydrogen (secondary N) is 1. The molecule has 90 valence electrons. The summed E-state index contributed by atoms with van der Waals surface area (Å²) in [7, 11) is 3.36. The van der Waals surface area contributed by atoms with E-state index in [1.807, 2.05) is 12.1 Å². The third-order valence-corrected chi connectivity index (χ3v) is 2.69. The number of benzene rings is 2. The minimum absolute atomic E-state index is 0.570. The molecule has 0 aromatic heterocycles. The van der Waals surface area contributed by atoms with Crippen molar-refractivity contribution >= 4 is 10.8 Å². The minimum atomic E-state index is 0.570. The summed E-state index contributed by atoms with van der Waals surface area (Å²) in [6.07, 6.45) is 0. The van der Waals surface area contributed by atoms with E-state index in [-0.39, 0.29) is 0 Å². The molecule has 3 nitrogen and oxygen atoms in total. The van der Waals surface area contributed by atoms with Crippen LogP contribution in [0.1, 0.15) is 5.56 Å². The summed E-state index contributed by atoms with van der Waals surface area (Å²) in [5.41, 5.74) is 1.25. The molecule has 0 aliphatic carbocycles. The second kappa shape index (κ2) is 5.66. The molecule has 0 aliphatic rings. The number of methoxy groups -OCH3 is 2. The molecule has 0 unspecified atom stereocenters. The van der Waals surface area contributed by atoms with Gasteiger partial charge in [-0.15, -0.1) is 0 Å². The zero-order valence-electron chi connectivity index (χ0n) is 10.2. The van der Waals surface area contributed by atoms with Gasteiger partial charge in [-0.1, -0.05) is 18.2 Å². The van der Waals surface area contributed by atoms with E-state index in [4.69, 9.17) is 9.47 Å². The van der Waals surface area contributed by atoms with Crippen LogP contribution in [-0.2, 0) is 11.3 Å². The Kier molecular flexibility index (Phi) is 3.96. The fraction of sp³-hybridized carbons (Fsp3) is 0.286. The first-order valence-corrected chi connectivity index (χ1v) is 5.60. The maximum Gasteiger partial charge on any atom is 0.119 e. The SMILES string of the molecule is COCNCc1ccc2cc(OC)ccc2c1. The molecule has 0 heterocycles. The predicted molar refractivity (Wildman–Crippen MR) is 69.2 cm³/mol. The van der Waals surface area contributed by atoms with E-state index < -0.39 is 0 Å². The Bertz CT molecular complexity index is 497. The van der Waals surface area contributed by atoms with Crippen LogP contribution >= 0.6 is 0 Å². The number of hydrogen-bond donors (Lipinski definition) is 1. The van der Waals surface area contributed by atoms with Crippen molar-refractivity contribution in [1.29, 1.82) is 0 Å². The molecule has 3 heteroatoms. The van der Waals surface area contributed by atoms with Crippen LogP contribution in [0.25, 0.3) is 10.8 Å². The number of rotatable bonds is 5. The van der Waals surface area contributed by atoms with Crippen LogP contribution in [0.4, 0.5) is 0 Å². The molecule has 2 aromatic rings. The van der Waals surface area contributed by atoms with Gasteiger partial charge in [0, 0.05) is 13.7 Å². The Balaban J connectivity index is 2.19. The summed E-state index contributed by atoms with van der Waals surface area (Å²) in [5.74, 6) is 0.891. The number of ether oxygens (including phenoxy) is 2. The lowest BCUT2D eigenvalue weighted by atomic mass is 10.1. The largest absolute Gasteiger partial charge is 0.497 e. The quantitative estimate of drug-likeness (QED) is 0.633. The second-order valence-corrected chi connectivity index (χ2v) is 3.91. The van der Waals surface area contributed by atoms with Crippen molar-refractivity contribution < 1.29 is 9.47 Å². The summed E-state index contributed by atoms with van der Waals surface area (Å²) in [6, 6.07) is 12.5. The molecule has 0 aliphatic heterocycles. The van der Waals surface area contributed by atoms with Crippen LogP contribution in [0, 0.1) is 0 Å². The lowest BCUT2D eigenvalue weighted by molar-refractivity contribution is 0.174. The molecule has 0 amide bonds. The predicted octanol–water partition coefficient (Wildman–Crippen LogP) is 2.54. The average Bonchev–Trinajstić information content (AvgIpc) is 2.38. The van der Waals surface area contributed by atoms with E-state index in [0.717, 1.165) is 12.3 Å². The van der Waals surface area contributed by atoms with Crippen LogP contribution in [0.3, 0.4) is 0 Å². The maximum absolute atomic E-state index is 5.20. The Morgan fingerprint density at radius 2 is 1.76 bits per heavy atom. The highest BCUT2D eigenvalue weighted by Gasteiger charge is 1.98. The van der Waals surface area contributed by atoms with Crippen LogP contribution in [0.15, 0.2) is 36.4 Å². The van der Waals surface area contributed by atoms with Crippen molar-refractivity contribution in [2.45, 2.75) is 6.54 Å². The van der Waals surface area contributed by atoms with E-state index in [0.29, 0.717) is 6.73 Å². The van der Waals surface area contributed by atoms with E-state index >= 15 is 0 Å². The normalized spacial score (nSPS) is 10.7. The highest BCUT2D eigenvalue weighted by atomic mass is 16.5. The van der Waals surface area contributed by atoms with E-state index in [1.165, 1.54) is 16.3 Å². The molecular formula is C14H17NO2. The van der Waals surface area contributed by atoms with E-state index in [9.17, 15) is 0 Å². The second-order valence-electron chi connectivity index (χ2n) is 3.91. The molecule has 1 N–H and O–H groups in total. The maximum atomic E-state index is 5.20. The van der Waals surface area contributed by atoms with E-state index in [1.54, 1.807) is 14.2 Å². The van der Waals surface area contributed by atoms with Gasteiger partial charge in [0.1, 0.15) is 5.75 Å². The standard InChI is InChI=1S/C14H17NO2/c1-16-10-15-9-11-3-4-13-8-14(17-2)6-5-12(13)7-11/h3-8,15H,9-10H2,1-2H3.